The molecule has 4 rings (SSSR count). The smallest absolute Gasteiger partial charge is 0.258 e. The Morgan fingerprint density at radius 1 is 0.885 bits per heavy atom. The summed E-state index contributed by atoms with van der Waals surface area (Å²) < 4.78 is 0.940. The second kappa shape index (κ2) is 6.90. The van der Waals surface area contributed by atoms with Crippen LogP contribution in [-0.2, 0) is 0 Å². The standard InChI is InChI=1S/C21H14N2O2S/c24-23(25)18-11-12-20-19(14-18)22-21(26-20)13-8-15-6-9-17(10-7-15)16-4-2-1-3-5-16/h1-14H/b13-8+. The van der Waals surface area contributed by atoms with Gasteiger partial charge in [-0.3, -0.25) is 10.1 Å². The van der Waals surface area contributed by atoms with Gasteiger partial charge in [0.1, 0.15) is 5.01 Å². The van der Waals surface area contributed by atoms with E-state index in [-0.39, 0.29) is 5.69 Å². The molecular formula is C21H14N2O2S. The lowest BCUT2D eigenvalue weighted by Gasteiger charge is -2.01. The molecule has 0 spiro atoms. The van der Waals surface area contributed by atoms with Crippen molar-refractivity contribution >= 4 is 39.4 Å². The average Bonchev–Trinajstić information content (AvgIpc) is 3.09. The molecule has 1 aromatic heterocycles. The van der Waals surface area contributed by atoms with Crippen LogP contribution in [-0.4, -0.2) is 9.91 Å². The van der Waals surface area contributed by atoms with E-state index in [4.69, 9.17) is 0 Å². The Labute approximate surface area is 154 Å². The zero-order chi connectivity index (χ0) is 17.9. The Balaban J connectivity index is 1.56. The van der Waals surface area contributed by atoms with Crippen molar-refractivity contribution in [3.63, 3.8) is 0 Å². The first-order chi connectivity index (χ1) is 12.7. The van der Waals surface area contributed by atoms with Crippen LogP contribution >= 0.6 is 11.3 Å². The fourth-order valence-electron chi connectivity index (χ4n) is 2.70. The van der Waals surface area contributed by atoms with Gasteiger partial charge in [-0.15, -0.1) is 11.3 Å². The number of hydrogen-bond acceptors (Lipinski definition) is 4. The molecule has 26 heavy (non-hydrogen) atoms. The van der Waals surface area contributed by atoms with Gasteiger partial charge in [-0.25, -0.2) is 4.98 Å². The molecule has 0 saturated carbocycles. The van der Waals surface area contributed by atoms with Crippen LogP contribution in [0.2, 0.25) is 0 Å². The van der Waals surface area contributed by atoms with Crippen LogP contribution in [0.3, 0.4) is 0 Å². The minimum absolute atomic E-state index is 0.0647. The average molecular weight is 358 g/mol. The number of thiazole rings is 1. The predicted octanol–water partition coefficient (Wildman–Crippen LogP) is 6.04. The fourth-order valence-corrected chi connectivity index (χ4v) is 3.55. The van der Waals surface area contributed by atoms with Crippen LogP contribution in [0.15, 0.2) is 72.8 Å². The molecular weight excluding hydrogens is 344 g/mol. The second-order valence-corrected chi connectivity index (χ2v) is 6.84. The number of aromatic nitrogens is 1. The van der Waals surface area contributed by atoms with Gasteiger partial charge >= 0.3 is 0 Å². The highest BCUT2D eigenvalue weighted by Gasteiger charge is 2.09. The number of non-ortho nitro benzene ring substituents is 1. The van der Waals surface area contributed by atoms with Gasteiger partial charge in [0.2, 0.25) is 0 Å². The van der Waals surface area contributed by atoms with Crippen molar-refractivity contribution in [3.05, 3.63) is 93.5 Å². The summed E-state index contributed by atoms with van der Waals surface area (Å²) in [6.45, 7) is 0. The van der Waals surface area contributed by atoms with E-state index in [1.807, 2.05) is 30.4 Å². The van der Waals surface area contributed by atoms with Crippen molar-refractivity contribution in [2.45, 2.75) is 0 Å². The quantitative estimate of drug-likeness (QED) is 0.330. The van der Waals surface area contributed by atoms with Crippen LogP contribution in [0.4, 0.5) is 5.69 Å². The summed E-state index contributed by atoms with van der Waals surface area (Å²) in [5.41, 5.74) is 4.17. The first-order valence-electron chi connectivity index (χ1n) is 8.07. The molecule has 0 aliphatic rings. The van der Waals surface area contributed by atoms with Gasteiger partial charge in [-0.2, -0.15) is 0 Å². The van der Waals surface area contributed by atoms with Crippen LogP contribution in [0, 0.1) is 10.1 Å². The molecule has 0 bridgehead atoms. The van der Waals surface area contributed by atoms with Gasteiger partial charge in [0, 0.05) is 12.1 Å². The summed E-state index contributed by atoms with van der Waals surface area (Å²) in [7, 11) is 0. The van der Waals surface area contributed by atoms with Crippen LogP contribution in [0.1, 0.15) is 10.6 Å². The molecule has 0 radical (unpaired) electrons. The number of hydrogen-bond donors (Lipinski definition) is 0. The molecule has 126 valence electrons. The summed E-state index contributed by atoms with van der Waals surface area (Å²) >= 11 is 1.52. The van der Waals surface area contributed by atoms with Gasteiger partial charge in [-0.05, 0) is 28.8 Å². The number of nitro groups is 1. The minimum Gasteiger partial charge on any atom is -0.258 e. The summed E-state index contributed by atoms with van der Waals surface area (Å²) in [5, 5.41) is 11.7. The van der Waals surface area contributed by atoms with Crippen molar-refractivity contribution in [2.75, 3.05) is 0 Å². The summed E-state index contributed by atoms with van der Waals surface area (Å²) in [5.74, 6) is 0. The van der Waals surface area contributed by atoms with Crippen molar-refractivity contribution in [1.82, 2.24) is 4.98 Å². The third-order valence-electron chi connectivity index (χ3n) is 4.03. The van der Waals surface area contributed by atoms with Gasteiger partial charge in [0.25, 0.3) is 5.69 Å². The summed E-state index contributed by atoms with van der Waals surface area (Å²) in [6, 6.07) is 23.3. The highest BCUT2D eigenvalue weighted by Crippen LogP contribution is 2.27. The van der Waals surface area contributed by atoms with Gasteiger partial charge < -0.3 is 0 Å². The van der Waals surface area contributed by atoms with E-state index in [1.54, 1.807) is 6.07 Å². The summed E-state index contributed by atoms with van der Waals surface area (Å²) in [6.07, 6.45) is 3.94. The van der Waals surface area contributed by atoms with Gasteiger partial charge in [0.15, 0.2) is 0 Å². The van der Waals surface area contributed by atoms with E-state index in [0.717, 1.165) is 15.3 Å². The molecule has 3 aromatic carbocycles. The van der Waals surface area contributed by atoms with Crippen LogP contribution in [0.25, 0.3) is 33.5 Å². The molecule has 4 aromatic rings. The topological polar surface area (TPSA) is 56.0 Å². The molecule has 0 aliphatic carbocycles. The fraction of sp³-hybridized carbons (Fsp3) is 0. The Morgan fingerprint density at radius 2 is 1.62 bits per heavy atom. The SMILES string of the molecule is O=[N+]([O-])c1ccc2sc(/C=C/c3ccc(-c4ccccc4)cc3)nc2c1. The molecule has 0 unspecified atom stereocenters. The van der Waals surface area contributed by atoms with Crippen molar-refractivity contribution in [3.8, 4) is 11.1 Å². The predicted molar refractivity (Wildman–Crippen MR) is 107 cm³/mol. The maximum Gasteiger partial charge on any atom is 0.271 e. The Kier molecular flexibility index (Phi) is 4.29. The third-order valence-corrected chi connectivity index (χ3v) is 5.04. The molecule has 1 heterocycles. The molecule has 4 nitrogen and oxygen atoms in total. The molecule has 0 amide bonds. The molecule has 0 saturated heterocycles. The Bertz CT molecular complexity index is 1100. The summed E-state index contributed by atoms with van der Waals surface area (Å²) in [4.78, 5) is 14.9. The zero-order valence-electron chi connectivity index (χ0n) is 13.7. The number of rotatable bonds is 4. The number of fused-ring (bicyclic) bond motifs is 1. The van der Waals surface area contributed by atoms with E-state index >= 15 is 0 Å². The molecule has 0 atom stereocenters. The largest absolute Gasteiger partial charge is 0.271 e. The Hall–Kier alpha value is -3.31. The first-order valence-corrected chi connectivity index (χ1v) is 8.89. The van der Waals surface area contributed by atoms with Crippen LogP contribution < -0.4 is 0 Å². The maximum absolute atomic E-state index is 10.9. The third kappa shape index (κ3) is 3.38. The van der Waals surface area contributed by atoms with E-state index in [9.17, 15) is 10.1 Å². The molecule has 0 aliphatic heterocycles. The van der Waals surface area contributed by atoms with E-state index in [0.29, 0.717) is 5.52 Å². The number of nitrogens with zero attached hydrogens (tertiary/aromatic N) is 2. The lowest BCUT2D eigenvalue weighted by molar-refractivity contribution is -0.384. The normalized spacial score (nSPS) is 11.2. The first kappa shape index (κ1) is 16.2. The highest BCUT2D eigenvalue weighted by atomic mass is 32.1. The zero-order valence-corrected chi connectivity index (χ0v) is 14.5. The maximum atomic E-state index is 10.9. The second-order valence-electron chi connectivity index (χ2n) is 5.78. The van der Waals surface area contributed by atoms with Crippen LogP contribution in [0.5, 0.6) is 0 Å². The van der Waals surface area contributed by atoms with E-state index < -0.39 is 4.92 Å². The molecule has 0 N–H and O–H groups in total. The number of benzene rings is 3. The van der Waals surface area contributed by atoms with Crippen molar-refractivity contribution < 1.29 is 4.92 Å². The van der Waals surface area contributed by atoms with Gasteiger partial charge in [0.05, 0.1) is 15.1 Å². The van der Waals surface area contributed by atoms with E-state index in [2.05, 4.69) is 41.4 Å². The number of nitro benzene ring substituents is 1. The molecule has 0 fully saturated rings. The Morgan fingerprint density at radius 3 is 2.35 bits per heavy atom. The van der Waals surface area contributed by atoms with Crippen molar-refractivity contribution in [2.24, 2.45) is 0 Å². The van der Waals surface area contributed by atoms with E-state index in [1.165, 1.54) is 34.6 Å². The minimum atomic E-state index is -0.400. The van der Waals surface area contributed by atoms with Crippen molar-refractivity contribution in [1.29, 1.82) is 0 Å². The lowest BCUT2D eigenvalue weighted by Crippen LogP contribution is -1.86. The highest BCUT2D eigenvalue weighted by molar-refractivity contribution is 7.19. The monoisotopic (exact) mass is 358 g/mol. The lowest BCUT2D eigenvalue weighted by atomic mass is 10.0. The van der Waals surface area contributed by atoms with Gasteiger partial charge in [-0.1, -0.05) is 60.7 Å². The molecule has 5 heteroatoms.